The van der Waals surface area contributed by atoms with Crippen molar-refractivity contribution in [1.29, 1.82) is 0 Å². The third-order valence-corrected chi connectivity index (χ3v) is 3.98. The van der Waals surface area contributed by atoms with Crippen molar-refractivity contribution in [3.63, 3.8) is 0 Å². The lowest BCUT2D eigenvalue weighted by Crippen LogP contribution is -2.40. The van der Waals surface area contributed by atoms with E-state index in [1.165, 1.54) is 0 Å². The van der Waals surface area contributed by atoms with Crippen molar-refractivity contribution < 1.29 is 14.3 Å². The number of anilines is 1. The van der Waals surface area contributed by atoms with Crippen LogP contribution in [0, 0.1) is 5.92 Å². The predicted octanol–water partition coefficient (Wildman–Crippen LogP) is 2.35. The molecule has 1 heterocycles. The number of carbonyl (C=O) groups excluding carboxylic acids is 2. The molecule has 1 aliphatic rings. The lowest BCUT2D eigenvalue weighted by atomic mass is 10.1. The molecule has 0 aromatic heterocycles. The largest absolute Gasteiger partial charge is 0.482 e. The van der Waals surface area contributed by atoms with Crippen molar-refractivity contribution >= 4 is 17.5 Å². The number of benzene rings is 1. The van der Waals surface area contributed by atoms with Crippen LogP contribution in [0.2, 0.25) is 0 Å². The van der Waals surface area contributed by atoms with Gasteiger partial charge in [-0.15, -0.1) is 0 Å². The minimum absolute atomic E-state index is 0.0372. The maximum absolute atomic E-state index is 12.0. The molecule has 5 nitrogen and oxygen atoms in total. The van der Waals surface area contributed by atoms with E-state index in [1.807, 2.05) is 31.2 Å². The third kappa shape index (κ3) is 4.00. The first-order valence-corrected chi connectivity index (χ1v) is 7.80. The van der Waals surface area contributed by atoms with Crippen LogP contribution in [0.15, 0.2) is 24.3 Å². The van der Waals surface area contributed by atoms with Crippen LogP contribution in [0.5, 0.6) is 5.75 Å². The highest BCUT2D eigenvalue weighted by atomic mass is 16.5. The van der Waals surface area contributed by atoms with E-state index in [2.05, 4.69) is 19.2 Å². The highest BCUT2D eigenvalue weighted by Crippen LogP contribution is 2.31. The Balaban J connectivity index is 1.87. The predicted molar refractivity (Wildman–Crippen MR) is 86.0 cm³/mol. The van der Waals surface area contributed by atoms with E-state index < -0.39 is 0 Å². The number of nitrogens with zero attached hydrogens (tertiary/aromatic N) is 1. The molecule has 120 valence electrons. The summed E-state index contributed by atoms with van der Waals surface area (Å²) in [5, 5.41) is 2.98. The number of carbonyl (C=O) groups is 2. The quantitative estimate of drug-likeness (QED) is 0.877. The summed E-state index contributed by atoms with van der Waals surface area (Å²) in [5.41, 5.74) is 0.787. The van der Waals surface area contributed by atoms with Gasteiger partial charge in [0.05, 0.1) is 5.69 Å². The zero-order valence-electron chi connectivity index (χ0n) is 13.5. The van der Waals surface area contributed by atoms with Gasteiger partial charge in [-0.1, -0.05) is 26.0 Å². The summed E-state index contributed by atoms with van der Waals surface area (Å²) in [6.07, 6.45) is 1.06. The maximum atomic E-state index is 12.0. The number of para-hydroxylation sites is 2. The van der Waals surface area contributed by atoms with E-state index in [4.69, 9.17) is 4.74 Å². The van der Waals surface area contributed by atoms with Gasteiger partial charge in [0.1, 0.15) is 5.75 Å². The molecular weight excluding hydrogens is 280 g/mol. The second-order valence-corrected chi connectivity index (χ2v) is 6.01. The van der Waals surface area contributed by atoms with Crippen LogP contribution in [-0.2, 0) is 9.59 Å². The van der Waals surface area contributed by atoms with Crippen LogP contribution < -0.4 is 15.0 Å². The molecule has 0 fully saturated rings. The minimum Gasteiger partial charge on any atom is -0.482 e. The molecule has 1 aliphatic heterocycles. The van der Waals surface area contributed by atoms with Gasteiger partial charge in [-0.3, -0.25) is 9.59 Å². The first-order valence-electron chi connectivity index (χ1n) is 7.80. The molecule has 1 N–H and O–H groups in total. The zero-order valence-corrected chi connectivity index (χ0v) is 13.5. The molecule has 2 amide bonds. The summed E-state index contributed by atoms with van der Waals surface area (Å²) in [6.45, 7) is 6.75. The Morgan fingerprint density at radius 1 is 1.32 bits per heavy atom. The van der Waals surface area contributed by atoms with Gasteiger partial charge < -0.3 is 15.0 Å². The number of rotatable bonds is 6. The summed E-state index contributed by atoms with van der Waals surface area (Å²) in [4.78, 5) is 25.6. The van der Waals surface area contributed by atoms with Crippen LogP contribution in [0.25, 0.3) is 0 Å². The Hall–Kier alpha value is -2.04. The summed E-state index contributed by atoms with van der Waals surface area (Å²) >= 11 is 0. The van der Waals surface area contributed by atoms with Gasteiger partial charge in [0.2, 0.25) is 5.91 Å². The van der Waals surface area contributed by atoms with Gasteiger partial charge in [0.15, 0.2) is 6.61 Å². The van der Waals surface area contributed by atoms with E-state index in [1.54, 1.807) is 4.90 Å². The van der Waals surface area contributed by atoms with Crippen molar-refractivity contribution in [2.45, 2.75) is 39.7 Å². The van der Waals surface area contributed by atoms with Gasteiger partial charge in [0.25, 0.3) is 5.91 Å². The van der Waals surface area contributed by atoms with E-state index in [9.17, 15) is 9.59 Å². The maximum Gasteiger partial charge on any atom is 0.265 e. The van der Waals surface area contributed by atoms with Gasteiger partial charge in [-0.05, 0) is 31.4 Å². The molecule has 2 rings (SSSR count). The highest BCUT2D eigenvalue weighted by molar-refractivity contribution is 5.97. The second kappa shape index (κ2) is 7.29. The average Bonchev–Trinajstić information content (AvgIpc) is 2.49. The number of amides is 2. The number of hydrogen-bond donors (Lipinski definition) is 1. The Labute approximate surface area is 131 Å². The second-order valence-electron chi connectivity index (χ2n) is 6.01. The van der Waals surface area contributed by atoms with Crippen LogP contribution in [0.1, 0.15) is 33.6 Å². The number of fused-ring (bicyclic) bond motifs is 1. The molecule has 0 spiro atoms. The van der Waals surface area contributed by atoms with Crippen LogP contribution in [-0.4, -0.2) is 31.0 Å². The zero-order chi connectivity index (χ0) is 16.1. The van der Waals surface area contributed by atoms with Gasteiger partial charge >= 0.3 is 0 Å². The number of hydrogen-bond acceptors (Lipinski definition) is 3. The standard InChI is InChI=1S/C17H24N2O3/c1-12(2)13(3)18-16(20)9-6-10-19-14-7-4-5-8-15(14)22-11-17(19)21/h4-5,7-8,12-13H,6,9-11H2,1-3H3,(H,18,20). The molecule has 0 aliphatic carbocycles. The molecule has 5 heteroatoms. The summed E-state index contributed by atoms with van der Waals surface area (Å²) < 4.78 is 5.40. The third-order valence-electron chi connectivity index (χ3n) is 3.98. The first kappa shape index (κ1) is 16.3. The van der Waals surface area contributed by atoms with Crippen LogP contribution in [0.3, 0.4) is 0 Å². The SMILES string of the molecule is CC(C)C(C)NC(=O)CCCN1C(=O)COc2ccccc21. The molecule has 0 saturated heterocycles. The summed E-state index contributed by atoms with van der Waals surface area (Å²) in [6, 6.07) is 7.65. The molecule has 0 saturated carbocycles. The first-order chi connectivity index (χ1) is 10.5. The number of ether oxygens (including phenoxy) is 1. The molecule has 22 heavy (non-hydrogen) atoms. The Morgan fingerprint density at radius 3 is 2.77 bits per heavy atom. The fraction of sp³-hybridized carbons (Fsp3) is 0.529. The molecular formula is C17H24N2O3. The van der Waals surface area contributed by atoms with Crippen molar-refractivity contribution in [3.05, 3.63) is 24.3 Å². The molecule has 1 aromatic rings. The molecule has 0 radical (unpaired) electrons. The normalized spacial score (nSPS) is 15.3. The Morgan fingerprint density at radius 2 is 2.05 bits per heavy atom. The molecule has 1 aromatic carbocycles. The monoisotopic (exact) mass is 304 g/mol. The van der Waals surface area contributed by atoms with Crippen molar-refractivity contribution in [2.75, 3.05) is 18.1 Å². The van der Waals surface area contributed by atoms with Crippen molar-refractivity contribution in [3.8, 4) is 5.75 Å². The minimum atomic E-state index is -0.0605. The van der Waals surface area contributed by atoms with Crippen molar-refractivity contribution in [1.82, 2.24) is 5.32 Å². The highest BCUT2D eigenvalue weighted by Gasteiger charge is 2.24. The van der Waals surface area contributed by atoms with Crippen molar-refractivity contribution in [2.24, 2.45) is 5.92 Å². The number of nitrogens with one attached hydrogen (secondary N) is 1. The topological polar surface area (TPSA) is 58.6 Å². The summed E-state index contributed by atoms with van der Waals surface area (Å²) in [7, 11) is 0. The lowest BCUT2D eigenvalue weighted by molar-refractivity contribution is -0.123. The Bertz CT molecular complexity index is 542. The van der Waals surface area contributed by atoms with E-state index >= 15 is 0 Å². The van der Waals surface area contributed by atoms with Gasteiger partial charge in [-0.25, -0.2) is 0 Å². The average molecular weight is 304 g/mol. The van der Waals surface area contributed by atoms with E-state index in [0.717, 1.165) is 11.4 Å². The lowest BCUT2D eigenvalue weighted by Gasteiger charge is -2.29. The Kier molecular flexibility index (Phi) is 5.41. The fourth-order valence-corrected chi connectivity index (χ4v) is 2.29. The van der Waals surface area contributed by atoms with Gasteiger partial charge in [-0.2, -0.15) is 0 Å². The molecule has 0 bridgehead atoms. The smallest absolute Gasteiger partial charge is 0.265 e. The van der Waals surface area contributed by atoms with Crippen LogP contribution >= 0.6 is 0 Å². The summed E-state index contributed by atoms with van der Waals surface area (Å²) in [5.74, 6) is 1.11. The fourth-order valence-electron chi connectivity index (χ4n) is 2.29. The van der Waals surface area contributed by atoms with E-state index in [-0.39, 0.29) is 24.5 Å². The molecule has 1 unspecified atom stereocenters. The van der Waals surface area contributed by atoms with Crippen LogP contribution in [0.4, 0.5) is 5.69 Å². The van der Waals surface area contributed by atoms with E-state index in [0.29, 0.717) is 25.3 Å². The van der Waals surface area contributed by atoms with Gasteiger partial charge in [0, 0.05) is 19.0 Å². The molecule has 1 atom stereocenters.